The molecule has 1 saturated heterocycles. The second-order valence-electron chi connectivity index (χ2n) is 3.76. The number of nitrogens with zero attached hydrogens (tertiary/aromatic N) is 1. The fourth-order valence-electron chi connectivity index (χ4n) is 1.59. The van der Waals surface area contributed by atoms with Crippen molar-refractivity contribution in [3.63, 3.8) is 0 Å². The zero-order valence-corrected chi connectivity index (χ0v) is 9.60. The van der Waals surface area contributed by atoms with E-state index in [0.29, 0.717) is 12.6 Å². The van der Waals surface area contributed by atoms with Crippen molar-refractivity contribution >= 4 is 10.0 Å². The Morgan fingerprint density at radius 1 is 1.57 bits per heavy atom. The summed E-state index contributed by atoms with van der Waals surface area (Å²) in [5.74, 6) is 0. The fraction of sp³-hybridized carbons (Fsp3) is 1.00. The molecule has 1 atom stereocenters. The normalized spacial score (nSPS) is 25.1. The van der Waals surface area contributed by atoms with Gasteiger partial charge in [-0.2, -0.15) is 0 Å². The zero-order chi connectivity index (χ0) is 10.6. The Hall–Kier alpha value is -0.170. The Morgan fingerprint density at radius 3 is 2.86 bits per heavy atom. The van der Waals surface area contributed by atoms with E-state index in [1.807, 2.05) is 0 Å². The van der Waals surface area contributed by atoms with Crippen molar-refractivity contribution in [1.29, 1.82) is 0 Å². The highest BCUT2D eigenvalue weighted by Gasteiger charge is 2.17. The molecule has 84 valence electrons. The fourth-order valence-corrected chi connectivity index (χ4v) is 2.05. The van der Waals surface area contributed by atoms with Gasteiger partial charge in [0.1, 0.15) is 0 Å². The predicted molar refractivity (Wildman–Crippen MR) is 56.8 cm³/mol. The Kier molecular flexibility index (Phi) is 4.31. The van der Waals surface area contributed by atoms with Crippen LogP contribution in [-0.2, 0) is 10.0 Å². The Balaban J connectivity index is 2.23. The van der Waals surface area contributed by atoms with Gasteiger partial charge >= 0.3 is 0 Å². The average molecular weight is 221 g/mol. The molecule has 1 heterocycles. The molecule has 2 N–H and O–H groups in total. The number of rotatable bonds is 4. The van der Waals surface area contributed by atoms with E-state index in [-0.39, 0.29) is 0 Å². The first kappa shape index (κ1) is 11.9. The Bertz CT molecular complexity index is 266. The first-order valence-corrected chi connectivity index (χ1v) is 6.77. The molecule has 1 aliphatic rings. The van der Waals surface area contributed by atoms with Crippen molar-refractivity contribution in [1.82, 2.24) is 14.9 Å². The molecule has 0 spiro atoms. The van der Waals surface area contributed by atoms with Crippen LogP contribution in [0.25, 0.3) is 0 Å². The van der Waals surface area contributed by atoms with E-state index in [2.05, 4.69) is 21.9 Å². The first-order chi connectivity index (χ1) is 6.49. The van der Waals surface area contributed by atoms with E-state index >= 15 is 0 Å². The highest BCUT2D eigenvalue weighted by molar-refractivity contribution is 7.88. The smallest absolute Gasteiger partial charge is 0.208 e. The lowest BCUT2D eigenvalue weighted by Gasteiger charge is -2.33. The largest absolute Gasteiger partial charge is 0.314 e. The Labute approximate surface area is 85.9 Å². The van der Waals surface area contributed by atoms with E-state index in [1.165, 1.54) is 6.26 Å². The summed E-state index contributed by atoms with van der Waals surface area (Å²) in [6.07, 6.45) is 1.19. The molecule has 1 unspecified atom stereocenters. The highest BCUT2D eigenvalue weighted by atomic mass is 32.2. The second kappa shape index (κ2) is 5.06. The first-order valence-electron chi connectivity index (χ1n) is 4.88. The molecule has 14 heavy (non-hydrogen) atoms. The third-order valence-corrected chi connectivity index (χ3v) is 3.13. The summed E-state index contributed by atoms with van der Waals surface area (Å²) in [6.45, 7) is 6.40. The lowest BCUT2D eigenvalue weighted by atomic mass is 10.2. The maximum Gasteiger partial charge on any atom is 0.208 e. The quantitative estimate of drug-likeness (QED) is 0.628. The predicted octanol–water partition coefficient (Wildman–Crippen LogP) is -1.17. The number of hydrogen-bond acceptors (Lipinski definition) is 4. The molecule has 0 aromatic rings. The van der Waals surface area contributed by atoms with Crippen molar-refractivity contribution < 1.29 is 8.42 Å². The summed E-state index contributed by atoms with van der Waals surface area (Å²) in [4.78, 5) is 2.29. The van der Waals surface area contributed by atoms with E-state index < -0.39 is 10.0 Å². The molecule has 5 nitrogen and oxygen atoms in total. The molecule has 0 saturated carbocycles. The lowest BCUT2D eigenvalue weighted by Crippen LogP contribution is -2.51. The van der Waals surface area contributed by atoms with Gasteiger partial charge in [0.05, 0.1) is 6.26 Å². The van der Waals surface area contributed by atoms with Crippen molar-refractivity contribution in [2.75, 3.05) is 39.0 Å². The molecular formula is C8H19N3O2S. The van der Waals surface area contributed by atoms with Crippen molar-refractivity contribution in [3.05, 3.63) is 0 Å². The van der Waals surface area contributed by atoms with Crippen LogP contribution in [0.5, 0.6) is 0 Å². The maximum atomic E-state index is 10.8. The van der Waals surface area contributed by atoms with Crippen LogP contribution in [0.3, 0.4) is 0 Å². The van der Waals surface area contributed by atoms with Gasteiger partial charge in [0.2, 0.25) is 10.0 Å². The molecule has 0 aromatic carbocycles. The van der Waals surface area contributed by atoms with E-state index in [9.17, 15) is 8.42 Å². The topological polar surface area (TPSA) is 61.4 Å². The van der Waals surface area contributed by atoms with Gasteiger partial charge < -0.3 is 5.32 Å². The summed E-state index contributed by atoms with van der Waals surface area (Å²) < 4.78 is 24.1. The number of nitrogens with one attached hydrogen (secondary N) is 2. The molecule has 0 aromatic heterocycles. The Morgan fingerprint density at radius 2 is 2.29 bits per heavy atom. The van der Waals surface area contributed by atoms with Crippen LogP contribution in [0.2, 0.25) is 0 Å². The van der Waals surface area contributed by atoms with Gasteiger partial charge in [0, 0.05) is 38.8 Å². The van der Waals surface area contributed by atoms with Crippen LogP contribution in [0.4, 0.5) is 0 Å². The van der Waals surface area contributed by atoms with Gasteiger partial charge in [0.25, 0.3) is 0 Å². The highest BCUT2D eigenvalue weighted by Crippen LogP contribution is 2.00. The molecule has 1 aliphatic heterocycles. The van der Waals surface area contributed by atoms with Gasteiger partial charge in [-0.3, -0.25) is 4.90 Å². The minimum absolute atomic E-state index is 0.491. The molecule has 0 bridgehead atoms. The van der Waals surface area contributed by atoms with Crippen LogP contribution in [0.15, 0.2) is 0 Å². The van der Waals surface area contributed by atoms with Crippen LogP contribution in [-0.4, -0.2) is 58.3 Å². The summed E-state index contributed by atoms with van der Waals surface area (Å²) in [5.41, 5.74) is 0. The van der Waals surface area contributed by atoms with E-state index in [1.54, 1.807) is 0 Å². The molecule has 0 amide bonds. The van der Waals surface area contributed by atoms with Crippen LogP contribution >= 0.6 is 0 Å². The maximum absolute atomic E-state index is 10.8. The van der Waals surface area contributed by atoms with E-state index in [0.717, 1.165) is 26.2 Å². The minimum atomic E-state index is -3.03. The summed E-state index contributed by atoms with van der Waals surface area (Å²) in [5, 5.41) is 3.29. The van der Waals surface area contributed by atoms with Gasteiger partial charge in [-0.15, -0.1) is 0 Å². The van der Waals surface area contributed by atoms with Crippen molar-refractivity contribution in [3.8, 4) is 0 Å². The van der Waals surface area contributed by atoms with Crippen molar-refractivity contribution in [2.24, 2.45) is 0 Å². The second-order valence-corrected chi connectivity index (χ2v) is 5.59. The van der Waals surface area contributed by atoms with Crippen LogP contribution < -0.4 is 10.0 Å². The average Bonchev–Trinajstić information content (AvgIpc) is 2.06. The standard InChI is InChI=1S/C8H19N3O2S/c1-8-7-9-3-5-11(8)6-4-10-14(2,12)13/h8-10H,3-7H2,1-2H3. The van der Waals surface area contributed by atoms with Crippen molar-refractivity contribution in [2.45, 2.75) is 13.0 Å². The third kappa shape index (κ3) is 4.36. The number of piperazine rings is 1. The van der Waals surface area contributed by atoms with Crippen LogP contribution in [0.1, 0.15) is 6.92 Å². The van der Waals surface area contributed by atoms with E-state index in [4.69, 9.17) is 0 Å². The SMILES string of the molecule is CC1CNCCN1CCNS(C)(=O)=O. The molecular weight excluding hydrogens is 202 g/mol. The van der Waals surface area contributed by atoms with Gasteiger partial charge in [-0.05, 0) is 6.92 Å². The number of hydrogen-bond donors (Lipinski definition) is 2. The summed E-state index contributed by atoms with van der Waals surface area (Å²) in [7, 11) is -3.03. The number of sulfonamides is 1. The third-order valence-electron chi connectivity index (χ3n) is 2.40. The molecule has 0 radical (unpaired) electrons. The van der Waals surface area contributed by atoms with Crippen LogP contribution in [0, 0.1) is 0 Å². The van der Waals surface area contributed by atoms with Gasteiger partial charge in [-0.1, -0.05) is 0 Å². The summed E-state index contributed by atoms with van der Waals surface area (Å²) in [6, 6.07) is 0.491. The van der Waals surface area contributed by atoms with Gasteiger partial charge in [-0.25, -0.2) is 13.1 Å². The molecule has 0 aliphatic carbocycles. The molecule has 1 fully saturated rings. The molecule has 1 rings (SSSR count). The zero-order valence-electron chi connectivity index (χ0n) is 8.78. The monoisotopic (exact) mass is 221 g/mol. The summed E-state index contributed by atoms with van der Waals surface area (Å²) >= 11 is 0. The lowest BCUT2D eigenvalue weighted by molar-refractivity contribution is 0.177. The van der Waals surface area contributed by atoms with Gasteiger partial charge in [0.15, 0.2) is 0 Å². The molecule has 6 heteroatoms. The minimum Gasteiger partial charge on any atom is -0.314 e.